The largest absolute Gasteiger partial charge is 0.504 e. The zero-order chi connectivity index (χ0) is 24.5. The molecule has 4 N–H and O–H groups in total. The fraction of sp³-hybridized carbons (Fsp3) is 0.217. The number of nitrogens with one attached hydrogen (secondary N) is 3. The second kappa shape index (κ2) is 9.45. The Balaban J connectivity index is 1.53. The van der Waals surface area contributed by atoms with E-state index in [0.717, 1.165) is 22.5 Å². The van der Waals surface area contributed by atoms with E-state index >= 15 is 0 Å². The number of thiophene rings is 1. The average Bonchev–Trinajstić information content (AvgIpc) is 3.43. The summed E-state index contributed by atoms with van der Waals surface area (Å²) in [5, 5.41) is 17.7. The lowest BCUT2D eigenvalue weighted by Crippen LogP contribution is -2.37. The first-order valence-electron chi connectivity index (χ1n) is 10.5. The molecule has 0 fully saturated rings. The van der Waals surface area contributed by atoms with Gasteiger partial charge in [-0.1, -0.05) is 37.3 Å². The molecule has 4 rings (SSSR count). The molecule has 0 saturated carbocycles. The van der Waals surface area contributed by atoms with Crippen molar-refractivity contribution in [3.05, 3.63) is 85.4 Å². The highest BCUT2D eigenvalue weighted by Crippen LogP contribution is 2.40. The molecular formula is C23H23N3O6S2. The van der Waals surface area contributed by atoms with Crippen molar-refractivity contribution in [2.75, 3.05) is 10.6 Å². The first-order valence-corrected chi connectivity index (χ1v) is 12.8. The van der Waals surface area contributed by atoms with Gasteiger partial charge in [0.25, 0.3) is 20.9 Å². The summed E-state index contributed by atoms with van der Waals surface area (Å²) in [4.78, 5) is 24.4. The quantitative estimate of drug-likeness (QED) is 0.241. The van der Waals surface area contributed by atoms with Crippen molar-refractivity contribution in [3.8, 4) is 5.75 Å². The lowest BCUT2D eigenvalue weighted by atomic mass is 10.1. The van der Waals surface area contributed by atoms with E-state index in [0.29, 0.717) is 12.2 Å². The van der Waals surface area contributed by atoms with E-state index < -0.39 is 26.6 Å². The second-order valence-corrected chi connectivity index (χ2v) is 10.6. The van der Waals surface area contributed by atoms with Gasteiger partial charge in [0.1, 0.15) is 17.1 Å². The molecule has 34 heavy (non-hydrogen) atoms. The van der Waals surface area contributed by atoms with Gasteiger partial charge in [-0.05, 0) is 30.5 Å². The van der Waals surface area contributed by atoms with Gasteiger partial charge in [0.05, 0.1) is 18.0 Å². The van der Waals surface area contributed by atoms with Crippen LogP contribution in [0.4, 0.5) is 17.1 Å². The number of furan rings is 1. The number of rotatable bonds is 10. The highest BCUT2D eigenvalue weighted by atomic mass is 32.2. The Bertz CT molecular complexity index is 1480. The van der Waals surface area contributed by atoms with E-state index in [-0.39, 0.29) is 33.9 Å². The Morgan fingerprint density at radius 3 is 2.47 bits per heavy atom. The van der Waals surface area contributed by atoms with Crippen LogP contribution in [0.15, 0.2) is 66.3 Å². The summed E-state index contributed by atoms with van der Waals surface area (Å²) in [7, 11) is -4.00. The van der Waals surface area contributed by atoms with E-state index in [1.807, 2.05) is 26.0 Å². The summed E-state index contributed by atoms with van der Waals surface area (Å²) in [6.07, 6.45) is 2.18. The van der Waals surface area contributed by atoms with Gasteiger partial charge in [-0.2, -0.15) is 0 Å². The summed E-state index contributed by atoms with van der Waals surface area (Å²) in [5.41, 5.74) is 0.265. The molecule has 4 aromatic rings. The molecule has 1 atom stereocenters. The molecule has 9 nitrogen and oxygen atoms in total. The molecule has 2 aromatic heterocycles. The minimum absolute atomic E-state index is 0.0159. The maximum atomic E-state index is 12.7. The van der Waals surface area contributed by atoms with Crippen molar-refractivity contribution in [2.24, 2.45) is 0 Å². The van der Waals surface area contributed by atoms with Gasteiger partial charge < -0.3 is 20.2 Å². The number of hydrogen-bond acceptors (Lipinski definition) is 9. The normalized spacial score (nSPS) is 12.6. The van der Waals surface area contributed by atoms with Gasteiger partial charge in [-0.3, -0.25) is 9.59 Å². The Morgan fingerprint density at radius 2 is 1.82 bits per heavy atom. The fourth-order valence-corrected chi connectivity index (χ4v) is 5.72. The van der Waals surface area contributed by atoms with E-state index in [4.69, 9.17) is 4.42 Å². The summed E-state index contributed by atoms with van der Waals surface area (Å²) >= 11 is 0.799. The van der Waals surface area contributed by atoms with Gasteiger partial charge in [0.2, 0.25) is 0 Å². The predicted molar refractivity (Wildman–Crippen MR) is 131 cm³/mol. The first kappa shape index (κ1) is 23.7. The SMILES string of the molecule is CC[C@@H](Nc1c(Nc2csc(S(=O)(=O)NCc3ccccc3)c2O)c(=O)c1=O)c1cc(C)co1. The lowest BCUT2D eigenvalue weighted by Gasteiger charge is -2.20. The summed E-state index contributed by atoms with van der Waals surface area (Å²) < 4.78 is 33.0. The maximum absolute atomic E-state index is 12.7. The molecule has 0 bridgehead atoms. The Morgan fingerprint density at radius 1 is 1.12 bits per heavy atom. The zero-order valence-electron chi connectivity index (χ0n) is 18.4. The molecule has 178 valence electrons. The van der Waals surface area contributed by atoms with Gasteiger partial charge in [0, 0.05) is 11.9 Å². The maximum Gasteiger partial charge on any atom is 0.254 e. The van der Waals surface area contributed by atoms with Crippen molar-refractivity contribution >= 4 is 38.4 Å². The minimum atomic E-state index is -4.00. The molecule has 0 aliphatic heterocycles. The molecule has 0 spiro atoms. The van der Waals surface area contributed by atoms with Gasteiger partial charge in [-0.25, -0.2) is 13.1 Å². The van der Waals surface area contributed by atoms with Crippen LogP contribution in [0.2, 0.25) is 0 Å². The number of anilines is 3. The monoisotopic (exact) mass is 501 g/mol. The highest BCUT2D eigenvalue weighted by Gasteiger charge is 2.28. The Hall–Kier alpha value is -3.41. The van der Waals surface area contributed by atoms with Crippen LogP contribution in [-0.2, 0) is 16.6 Å². The van der Waals surface area contributed by atoms with E-state index in [1.165, 1.54) is 5.38 Å². The predicted octanol–water partition coefficient (Wildman–Crippen LogP) is 3.74. The van der Waals surface area contributed by atoms with Crippen molar-refractivity contribution < 1.29 is 17.9 Å². The van der Waals surface area contributed by atoms with Gasteiger partial charge in [0.15, 0.2) is 9.96 Å². The summed E-state index contributed by atoms with van der Waals surface area (Å²) in [5.74, 6) is 0.0912. The van der Waals surface area contributed by atoms with Gasteiger partial charge >= 0.3 is 0 Å². The van der Waals surface area contributed by atoms with Crippen LogP contribution in [0.3, 0.4) is 0 Å². The first-order chi connectivity index (χ1) is 16.2. The molecule has 0 aliphatic rings. The van der Waals surface area contributed by atoms with E-state index in [9.17, 15) is 23.1 Å². The van der Waals surface area contributed by atoms with Crippen LogP contribution >= 0.6 is 11.3 Å². The van der Waals surface area contributed by atoms with Crippen molar-refractivity contribution in [3.63, 3.8) is 0 Å². The molecule has 0 aliphatic carbocycles. The van der Waals surface area contributed by atoms with E-state index in [2.05, 4.69) is 15.4 Å². The minimum Gasteiger partial charge on any atom is -0.504 e. The zero-order valence-corrected chi connectivity index (χ0v) is 20.0. The molecule has 2 heterocycles. The number of aryl methyl sites for hydroxylation is 1. The van der Waals surface area contributed by atoms with Crippen LogP contribution in [0.5, 0.6) is 5.75 Å². The average molecular weight is 502 g/mol. The summed E-state index contributed by atoms with van der Waals surface area (Å²) in [6.45, 7) is 3.84. The van der Waals surface area contributed by atoms with E-state index in [1.54, 1.807) is 30.5 Å². The van der Waals surface area contributed by atoms with Crippen molar-refractivity contribution in [1.82, 2.24) is 4.72 Å². The topological polar surface area (TPSA) is 138 Å². The van der Waals surface area contributed by atoms with Crippen molar-refractivity contribution in [2.45, 2.75) is 37.1 Å². The third kappa shape index (κ3) is 4.63. The molecular weight excluding hydrogens is 478 g/mol. The Labute approximate surface area is 199 Å². The number of benzene rings is 1. The Kier molecular flexibility index (Phi) is 6.60. The molecule has 0 radical (unpaired) electrons. The third-order valence-corrected chi connectivity index (χ3v) is 8.19. The number of hydrogen-bond donors (Lipinski definition) is 4. The van der Waals surface area contributed by atoms with Crippen molar-refractivity contribution in [1.29, 1.82) is 0 Å². The third-order valence-electron chi connectivity index (χ3n) is 5.28. The molecule has 0 saturated heterocycles. The molecule has 0 amide bonds. The van der Waals surface area contributed by atoms with Gasteiger partial charge in [-0.15, -0.1) is 11.3 Å². The number of sulfonamides is 1. The fourth-order valence-electron chi connectivity index (χ4n) is 3.42. The molecule has 11 heteroatoms. The lowest BCUT2D eigenvalue weighted by molar-refractivity contribution is 0.465. The second-order valence-electron chi connectivity index (χ2n) is 7.76. The standard InChI is InChI=1S/C23H23N3O6S2/c1-3-15(17-9-13(2)11-32-17)25-18-19(22(29)21(18)28)26-16-12-33-23(20(16)27)34(30,31)24-10-14-7-5-4-6-8-14/h4-9,11-12,15,24-27H,3,10H2,1-2H3/t15-/m1/s1. The van der Waals surface area contributed by atoms with Crippen LogP contribution < -0.4 is 26.2 Å². The van der Waals surface area contributed by atoms with Crippen LogP contribution in [-0.4, -0.2) is 13.5 Å². The molecule has 0 unspecified atom stereocenters. The number of aromatic hydroxyl groups is 1. The van der Waals surface area contributed by atoms with Crippen LogP contribution in [0.1, 0.15) is 36.3 Å². The van der Waals surface area contributed by atoms with Crippen LogP contribution in [0.25, 0.3) is 0 Å². The van der Waals surface area contributed by atoms with Crippen LogP contribution in [0, 0.1) is 6.92 Å². The smallest absolute Gasteiger partial charge is 0.254 e. The highest BCUT2D eigenvalue weighted by molar-refractivity contribution is 7.91. The molecule has 2 aromatic carbocycles. The summed E-state index contributed by atoms with van der Waals surface area (Å²) in [6, 6.07) is 10.5.